The first kappa shape index (κ1) is 14.6. The lowest BCUT2D eigenvalue weighted by atomic mass is 9.94. The first-order chi connectivity index (χ1) is 10.7. The SMILES string of the molecule is Cc1nccc([C@H]2CCCN(C(=O)Cc3cccnc3)C2)n1. The predicted octanol–water partition coefficient (Wildman–Crippen LogP) is 2.13. The zero-order valence-corrected chi connectivity index (χ0v) is 12.8. The van der Waals surface area contributed by atoms with Crippen molar-refractivity contribution >= 4 is 5.91 Å². The molecule has 114 valence electrons. The van der Waals surface area contributed by atoms with E-state index in [1.807, 2.05) is 30.0 Å². The summed E-state index contributed by atoms with van der Waals surface area (Å²) in [6.45, 7) is 3.48. The summed E-state index contributed by atoms with van der Waals surface area (Å²) in [6.07, 6.45) is 7.80. The Morgan fingerprint density at radius 1 is 1.36 bits per heavy atom. The van der Waals surface area contributed by atoms with Gasteiger partial charge in [-0.05, 0) is 37.5 Å². The third kappa shape index (κ3) is 3.47. The first-order valence-electron chi connectivity index (χ1n) is 7.68. The minimum atomic E-state index is 0.170. The molecule has 1 atom stereocenters. The van der Waals surface area contributed by atoms with Gasteiger partial charge in [-0.25, -0.2) is 9.97 Å². The van der Waals surface area contributed by atoms with E-state index in [2.05, 4.69) is 15.0 Å². The Balaban J connectivity index is 1.66. The van der Waals surface area contributed by atoms with Gasteiger partial charge in [-0.2, -0.15) is 0 Å². The molecule has 0 unspecified atom stereocenters. The number of nitrogens with zero attached hydrogens (tertiary/aromatic N) is 4. The molecule has 0 saturated carbocycles. The normalized spacial score (nSPS) is 18.2. The van der Waals surface area contributed by atoms with E-state index in [-0.39, 0.29) is 5.91 Å². The predicted molar refractivity (Wildman–Crippen MR) is 83.3 cm³/mol. The largest absolute Gasteiger partial charge is 0.342 e. The van der Waals surface area contributed by atoms with Crippen LogP contribution in [0.5, 0.6) is 0 Å². The second kappa shape index (κ2) is 6.64. The highest BCUT2D eigenvalue weighted by Crippen LogP contribution is 2.25. The molecule has 1 aliphatic heterocycles. The average molecular weight is 296 g/mol. The molecule has 0 bridgehead atoms. The molecule has 3 rings (SSSR count). The standard InChI is InChI=1S/C17H20N4O/c1-13-19-8-6-16(20-13)15-5-3-9-21(12-15)17(22)10-14-4-2-7-18-11-14/h2,4,6-8,11,15H,3,5,9-10,12H2,1H3/t15-/m0/s1. The van der Waals surface area contributed by atoms with Crippen LogP contribution in [0.15, 0.2) is 36.8 Å². The Hall–Kier alpha value is -2.30. The Morgan fingerprint density at radius 2 is 2.27 bits per heavy atom. The third-order valence-electron chi connectivity index (χ3n) is 4.07. The molecule has 2 aromatic heterocycles. The van der Waals surface area contributed by atoms with Gasteiger partial charge in [0.25, 0.3) is 0 Å². The molecular weight excluding hydrogens is 276 g/mol. The fourth-order valence-electron chi connectivity index (χ4n) is 2.94. The average Bonchev–Trinajstić information content (AvgIpc) is 2.56. The van der Waals surface area contributed by atoms with Gasteiger partial charge < -0.3 is 4.90 Å². The highest BCUT2D eigenvalue weighted by molar-refractivity contribution is 5.78. The van der Waals surface area contributed by atoms with Crippen LogP contribution in [0.4, 0.5) is 0 Å². The summed E-state index contributed by atoms with van der Waals surface area (Å²) >= 11 is 0. The molecule has 5 heteroatoms. The number of amides is 1. The van der Waals surface area contributed by atoms with E-state index in [0.717, 1.165) is 43.0 Å². The van der Waals surface area contributed by atoms with Gasteiger partial charge in [0, 0.05) is 43.3 Å². The molecule has 0 spiro atoms. The summed E-state index contributed by atoms with van der Waals surface area (Å²) in [5.41, 5.74) is 2.01. The van der Waals surface area contributed by atoms with Crippen LogP contribution in [0.2, 0.25) is 0 Å². The van der Waals surface area contributed by atoms with Crippen LogP contribution in [0, 0.1) is 6.92 Å². The molecule has 1 aliphatic rings. The van der Waals surface area contributed by atoms with Gasteiger partial charge in [0.2, 0.25) is 5.91 Å². The van der Waals surface area contributed by atoms with Crippen molar-refractivity contribution in [3.8, 4) is 0 Å². The number of hydrogen-bond donors (Lipinski definition) is 0. The summed E-state index contributed by atoms with van der Waals surface area (Å²) in [6, 6.07) is 5.78. The number of piperidine rings is 1. The van der Waals surface area contributed by atoms with Crippen molar-refractivity contribution in [1.29, 1.82) is 0 Å². The van der Waals surface area contributed by atoms with Crippen LogP contribution in [0.3, 0.4) is 0 Å². The summed E-state index contributed by atoms with van der Waals surface area (Å²) < 4.78 is 0. The highest BCUT2D eigenvalue weighted by Gasteiger charge is 2.25. The molecular formula is C17H20N4O. The van der Waals surface area contributed by atoms with E-state index >= 15 is 0 Å². The van der Waals surface area contributed by atoms with Crippen LogP contribution in [-0.2, 0) is 11.2 Å². The fourth-order valence-corrected chi connectivity index (χ4v) is 2.94. The monoisotopic (exact) mass is 296 g/mol. The molecule has 0 aliphatic carbocycles. The van der Waals surface area contributed by atoms with E-state index in [1.54, 1.807) is 18.6 Å². The lowest BCUT2D eigenvalue weighted by Crippen LogP contribution is -2.40. The van der Waals surface area contributed by atoms with Gasteiger partial charge in [-0.3, -0.25) is 9.78 Å². The maximum Gasteiger partial charge on any atom is 0.227 e. The number of aryl methyl sites for hydroxylation is 1. The number of pyridine rings is 1. The molecule has 1 saturated heterocycles. The summed E-state index contributed by atoms with van der Waals surface area (Å²) in [5.74, 6) is 1.27. The van der Waals surface area contributed by atoms with Crippen molar-refractivity contribution < 1.29 is 4.79 Å². The lowest BCUT2D eigenvalue weighted by molar-refractivity contribution is -0.131. The van der Waals surface area contributed by atoms with Gasteiger partial charge in [0.1, 0.15) is 5.82 Å². The second-order valence-electron chi connectivity index (χ2n) is 5.75. The Labute approximate surface area is 130 Å². The van der Waals surface area contributed by atoms with E-state index < -0.39 is 0 Å². The number of carbonyl (C=O) groups is 1. The summed E-state index contributed by atoms with van der Waals surface area (Å²) in [4.78, 5) is 27.2. The molecule has 0 aromatic carbocycles. The van der Waals surface area contributed by atoms with E-state index in [0.29, 0.717) is 12.3 Å². The maximum absolute atomic E-state index is 12.5. The van der Waals surface area contributed by atoms with Crippen LogP contribution in [0.25, 0.3) is 0 Å². The van der Waals surface area contributed by atoms with Crippen LogP contribution in [0.1, 0.15) is 35.8 Å². The van der Waals surface area contributed by atoms with Crippen molar-refractivity contribution in [3.05, 3.63) is 53.9 Å². The maximum atomic E-state index is 12.5. The summed E-state index contributed by atoms with van der Waals surface area (Å²) in [7, 11) is 0. The van der Waals surface area contributed by atoms with Crippen LogP contribution >= 0.6 is 0 Å². The van der Waals surface area contributed by atoms with Gasteiger partial charge in [0.05, 0.1) is 6.42 Å². The number of aromatic nitrogens is 3. The fraction of sp³-hybridized carbons (Fsp3) is 0.412. The molecule has 22 heavy (non-hydrogen) atoms. The van der Waals surface area contributed by atoms with E-state index in [9.17, 15) is 4.79 Å². The summed E-state index contributed by atoms with van der Waals surface area (Å²) in [5, 5.41) is 0. The number of likely N-dealkylation sites (tertiary alicyclic amines) is 1. The zero-order chi connectivity index (χ0) is 15.4. The Kier molecular flexibility index (Phi) is 4.42. The topological polar surface area (TPSA) is 59.0 Å². The van der Waals surface area contributed by atoms with Gasteiger partial charge in [0.15, 0.2) is 0 Å². The molecule has 2 aromatic rings. The Bertz CT molecular complexity index is 644. The number of carbonyl (C=O) groups excluding carboxylic acids is 1. The van der Waals surface area contributed by atoms with Crippen molar-refractivity contribution in [2.75, 3.05) is 13.1 Å². The lowest BCUT2D eigenvalue weighted by Gasteiger charge is -2.32. The smallest absolute Gasteiger partial charge is 0.227 e. The van der Waals surface area contributed by atoms with Crippen molar-refractivity contribution in [3.63, 3.8) is 0 Å². The van der Waals surface area contributed by atoms with Crippen molar-refractivity contribution in [2.24, 2.45) is 0 Å². The van der Waals surface area contributed by atoms with Gasteiger partial charge in [-0.1, -0.05) is 6.07 Å². The molecule has 5 nitrogen and oxygen atoms in total. The Morgan fingerprint density at radius 3 is 3.05 bits per heavy atom. The quantitative estimate of drug-likeness (QED) is 0.870. The molecule has 0 radical (unpaired) electrons. The van der Waals surface area contributed by atoms with E-state index in [4.69, 9.17) is 0 Å². The minimum absolute atomic E-state index is 0.170. The van der Waals surface area contributed by atoms with Crippen LogP contribution < -0.4 is 0 Å². The molecule has 1 fully saturated rings. The zero-order valence-electron chi connectivity index (χ0n) is 12.8. The number of rotatable bonds is 3. The molecule has 3 heterocycles. The highest BCUT2D eigenvalue weighted by atomic mass is 16.2. The van der Waals surface area contributed by atoms with Crippen molar-refractivity contribution in [1.82, 2.24) is 19.9 Å². The van der Waals surface area contributed by atoms with E-state index in [1.165, 1.54) is 0 Å². The minimum Gasteiger partial charge on any atom is -0.342 e. The van der Waals surface area contributed by atoms with Gasteiger partial charge in [-0.15, -0.1) is 0 Å². The third-order valence-corrected chi connectivity index (χ3v) is 4.07. The van der Waals surface area contributed by atoms with Gasteiger partial charge >= 0.3 is 0 Å². The molecule has 1 amide bonds. The van der Waals surface area contributed by atoms with Crippen molar-refractivity contribution in [2.45, 2.75) is 32.1 Å². The second-order valence-corrected chi connectivity index (χ2v) is 5.75. The first-order valence-corrected chi connectivity index (χ1v) is 7.68. The van der Waals surface area contributed by atoms with Crippen LogP contribution in [-0.4, -0.2) is 38.8 Å². The molecule has 0 N–H and O–H groups in total. The number of hydrogen-bond acceptors (Lipinski definition) is 4.